The molecule has 0 radical (unpaired) electrons. The molecule has 0 rings (SSSR count). The third-order valence-electron chi connectivity index (χ3n) is 11.4. The third kappa shape index (κ3) is 51.4. The number of carbonyl (C=O) groups excluding carboxylic acids is 3. The first-order valence-electron chi connectivity index (χ1n) is 27.1. The number of unbranched alkanes of at least 4 members (excludes halogenated alkanes) is 23. The summed E-state index contributed by atoms with van der Waals surface area (Å²) in [5.74, 6) is -0.931. The molecule has 372 valence electrons. The summed E-state index contributed by atoms with van der Waals surface area (Å²) in [4.78, 5) is 38.1. The van der Waals surface area contributed by atoms with Crippen molar-refractivity contribution >= 4 is 17.9 Å². The fourth-order valence-electron chi connectivity index (χ4n) is 7.28. The second kappa shape index (κ2) is 53.2. The van der Waals surface area contributed by atoms with Crippen LogP contribution >= 0.6 is 0 Å². The number of hydrogen-bond acceptors (Lipinski definition) is 6. The molecule has 6 nitrogen and oxygen atoms in total. The average molecular weight is 905 g/mol. The van der Waals surface area contributed by atoms with Crippen molar-refractivity contribution < 1.29 is 28.6 Å². The molecule has 0 spiro atoms. The van der Waals surface area contributed by atoms with Crippen LogP contribution in [0.2, 0.25) is 0 Å². The van der Waals surface area contributed by atoms with Crippen LogP contribution in [0.15, 0.2) is 85.1 Å². The van der Waals surface area contributed by atoms with Gasteiger partial charge in [0.25, 0.3) is 0 Å². The summed E-state index contributed by atoms with van der Waals surface area (Å²) < 4.78 is 16.8. The topological polar surface area (TPSA) is 78.9 Å². The summed E-state index contributed by atoms with van der Waals surface area (Å²) in [5.41, 5.74) is 0. The first-order chi connectivity index (χ1) is 32.0. The summed E-state index contributed by atoms with van der Waals surface area (Å²) in [7, 11) is 0. The van der Waals surface area contributed by atoms with E-state index in [1.807, 2.05) is 0 Å². The second-order valence-electron chi connectivity index (χ2n) is 17.7. The Bertz CT molecular complexity index is 1270. The predicted molar refractivity (Wildman–Crippen MR) is 279 cm³/mol. The molecule has 1 atom stereocenters. The maximum atomic E-state index is 12.8. The molecular formula is C59H100O6. The lowest BCUT2D eigenvalue weighted by atomic mass is 10.1. The summed E-state index contributed by atoms with van der Waals surface area (Å²) in [5, 5.41) is 0. The van der Waals surface area contributed by atoms with Crippen LogP contribution < -0.4 is 0 Å². The van der Waals surface area contributed by atoms with Crippen LogP contribution in [0.25, 0.3) is 0 Å². The maximum absolute atomic E-state index is 12.8. The van der Waals surface area contributed by atoms with Crippen molar-refractivity contribution in [1.29, 1.82) is 0 Å². The quantitative estimate of drug-likeness (QED) is 0.0262. The molecule has 0 heterocycles. The Balaban J connectivity index is 4.44. The number of hydrogen-bond donors (Lipinski definition) is 0. The van der Waals surface area contributed by atoms with Crippen molar-refractivity contribution in [2.24, 2.45) is 0 Å². The van der Waals surface area contributed by atoms with Gasteiger partial charge in [0.2, 0.25) is 0 Å². The highest BCUT2D eigenvalue weighted by molar-refractivity contribution is 5.71. The minimum absolute atomic E-state index is 0.0923. The van der Waals surface area contributed by atoms with Gasteiger partial charge in [0.05, 0.1) is 0 Å². The lowest BCUT2D eigenvalue weighted by molar-refractivity contribution is -0.167. The van der Waals surface area contributed by atoms with Crippen molar-refractivity contribution in [3.8, 4) is 0 Å². The van der Waals surface area contributed by atoms with Gasteiger partial charge < -0.3 is 14.2 Å². The van der Waals surface area contributed by atoms with Crippen LogP contribution in [0.4, 0.5) is 0 Å². The Kier molecular flexibility index (Phi) is 50.4. The number of ether oxygens (including phenoxy) is 3. The Labute approximate surface area is 401 Å². The molecule has 0 saturated heterocycles. The lowest BCUT2D eigenvalue weighted by Gasteiger charge is -2.18. The predicted octanol–water partition coefficient (Wildman–Crippen LogP) is 18.0. The molecule has 0 unspecified atom stereocenters. The van der Waals surface area contributed by atoms with E-state index in [4.69, 9.17) is 14.2 Å². The fraction of sp³-hybridized carbons (Fsp3) is 0.712. The average Bonchev–Trinajstić information content (AvgIpc) is 3.30. The van der Waals surface area contributed by atoms with Crippen LogP contribution in [-0.4, -0.2) is 37.2 Å². The summed E-state index contributed by atoms with van der Waals surface area (Å²) in [6.45, 7) is 6.45. The standard InChI is InChI=1S/C59H100O6/c1-4-7-10-13-16-19-22-25-27-29-31-34-36-39-42-45-48-51-57(60)63-54-56(65-59(62)53-50-47-44-41-38-33-24-21-18-15-12-9-6-3)55-64-58(61)52-49-46-43-40-37-35-32-30-28-26-23-20-17-14-11-8-5-2/h7,10,16-17,19-21,24-28,31,34,56H,4-6,8-9,11-15,18,22-23,29-30,32-33,35-55H2,1-3H3/b10-7-,19-16-,20-17-,24-21-,27-25-,28-26-,34-31-/t56-/m1/s1. The zero-order valence-electron chi connectivity index (χ0n) is 42.5. The van der Waals surface area contributed by atoms with Crippen LogP contribution in [0.1, 0.15) is 252 Å². The van der Waals surface area contributed by atoms with Crippen LogP contribution in [0, 0.1) is 0 Å². The van der Waals surface area contributed by atoms with Crippen LogP contribution in [0.3, 0.4) is 0 Å². The molecule has 0 aliphatic heterocycles. The zero-order chi connectivity index (χ0) is 47.2. The van der Waals surface area contributed by atoms with Crippen LogP contribution in [-0.2, 0) is 28.6 Å². The molecule has 0 aromatic carbocycles. The molecular weight excluding hydrogens is 805 g/mol. The summed E-state index contributed by atoms with van der Waals surface area (Å²) >= 11 is 0. The monoisotopic (exact) mass is 905 g/mol. The van der Waals surface area contributed by atoms with Gasteiger partial charge in [-0.3, -0.25) is 14.4 Å². The van der Waals surface area contributed by atoms with Gasteiger partial charge in [-0.2, -0.15) is 0 Å². The zero-order valence-corrected chi connectivity index (χ0v) is 42.5. The first-order valence-corrected chi connectivity index (χ1v) is 27.1. The first kappa shape index (κ1) is 61.6. The Hall–Kier alpha value is -3.41. The molecule has 65 heavy (non-hydrogen) atoms. The molecule has 6 heteroatoms. The highest BCUT2D eigenvalue weighted by atomic mass is 16.6. The van der Waals surface area contributed by atoms with E-state index in [1.54, 1.807) is 0 Å². The minimum atomic E-state index is -0.794. The van der Waals surface area contributed by atoms with Crippen molar-refractivity contribution in [2.45, 2.75) is 258 Å². The van der Waals surface area contributed by atoms with E-state index >= 15 is 0 Å². The Morgan fingerprint density at radius 3 is 0.985 bits per heavy atom. The van der Waals surface area contributed by atoms with Gasteiger partial charge in [0.15, 0.2) is 6.10 Å². The third-order valence-corrected chi connectivity index (χ3v) is 11.4. The SMILES string of the molecule is CC/C=C\C/C=C\C/C=C\C/C=C\CCCCCCC(=O)OC[C@H](COC(=O)CCCCCCCCC/C=C\C/C=C\CCCCC)OC(=O)CCCCCCC/C=C\CCCCCC. The van der Waals surface area contributed by atoms with E-state index in [2.05, 4.69) is 106 Å². The number of allylic oxidation sites excluding steroid dienone is 14. The fourth-order valence-corrected chi connectivity index (χ4v) is 7.28. The maximum Gasteiger partial charge on any atom is 0.306 e. The van der Waals surface area contributed by atoms with Gasteiger partial charge >= 0.3 is 17.9 Å². The van der Waals surface area contributed by atoms with Gasteiger partial charge in [-0.25, -0.2) is 0 Å². The molecule has 0 aromatic heterocycles. The molecule has 0 amide bonds. The lowest BCUT2D eigenvalue weighted by Crippen LogP contribution is -2.30. The summed E-state index contributed by atoms with van der Waals surface area (Å²) in [6, 6.07) is 0. The van der Waals surface area contributed by atoms with E-state index in [0.29, 0.717) is 19.3 Å². The van der Waals surface area contributed by atoms with E-state index in [9.17, 15) is 14.4 Å². The van der Waals surface area contributed by atoms with Crippen molar-refractivity contribution in [1.82, 2.24) is 0 Å². The van der Waals surface area contributed by atoms with Crippen molar-refractivity contribution in [3.63, 3.8) is 0 Å². The van der Waals surface area contributed by atoms with E-state index in [0.717, 1.165) is 122 Å². The van der Waals surface area contributed by atoms with Crippen molar-refractivity contribution in [3.05, 3.63) is 85.1 Å². The number of carbonyl (C=O) groups is 3. The number of rotatable bonds is 48. The van der Waals surface area contributed by atoms with Gasteiger partial charge in [0, 0.05) is 19.3 Å². The van der Waals surface area contributed by atoms with Gasteiger partial charge in [0.1, 0.15) is 13.2 Å². The highest BCUT2D eigenvalue weighted by Crippen LogP contribution is 2.14. The van der Waals surface area contributed by atoms with Gasteiger partial charge in [-0.15, -0.1) is 0 Å². The van der Waals surface area contributed by atoms with E-state index in [1.165, 1.54) is 89.9 Å². The molecule has 0 fully saturated rings. The number of esters is 3. The van der Waals surface area contributed by atoms with E-state index < -0.39 is 6.10 Å². The Morgan fingerprint density at radius 2 is 0.600 bits per heavy atom. The van der Waals surface area contributed by atoms with Crippen LogP contribution in [0.5, 0.6) is 0 Å². The molecule has 0 N–H and O–H groups in total. The van der Waals surface area contributed by atoms with Gasteiger partial charge in [-0.1, -0.05) is 202 Å². The largest absolute Gasteiger partial charge is 0.462 e. The molecule has 0 aromatic rings. The molecule has 0 bridgehead atoms. The normalized spacial score (nSPS) is 12.7. The molecule has 0 aliphatic carbocycles. The second-order valence-corrected chi connectivity index (χ2v) is 17.7. The van der Waals surface area contributed by atoms with Crippen molar-refractivity contribution in [2.75, 3.05) is 13.2 Å². The molecule has 0 saturated carbocycles. The smallest absolute Gasteiger partial charge is 0.306 e. The summed E-state index contributed by atoms with van der Waals surface area (Å²) in [6.07, 6.45) is 68.5. The highest BCUT2D eigenvalue weighted by Gasteiger charge is 2.19. The minimum Gasteiger partial charge on any atom is -0.462 e. The van der Waals surface area contributed by atoms with Gasteiger partial charge in [-0.05, 0) is 116 Å². The Morgan fingerprint density at radius 1 is 0.323 bits per heavy atom. The molecule has 0 aliphatic rings. The van der Waals surface area contributed by atoms with E-state index in [-0.39, 0.29) is 31.1 Å².